The Morgan fingerprint density at radius 3 is 1.85 bits per heavy atom. The molecule has 0 aliphatic carbocycles. The van der Waals surface area contributed by atoms with Gasteiger partial charge in [-0.1, -0.05) is 36.4 Å². The topological polar surface area (TPSA) is 27.7 Å². The number of hydrogen-bond acceptors (Lipinski definition) is 4. The predicted molar refractivity (Wildman–Crippen MR) is 79.9 cm³/mol. The molecule has 0 N–H and O–H groups in total. The summed E-state index contributed by atoms with van der Waals surface area (Å²) in [5.74, 6) is 2.41. The smallest absolute Gasteiger partial charge is 0.421 e. The summed E-state index contributed by atoms with van der Waals surface area (Å²) in [5.41, 5.74) is 0. The maximum absolute atomic E-state index is 5.97. The van der Waals surface area contributed by atoms with Gasteiger partial charge in [0.2, 0.25) is 0 Å². The van der Waals surface area contributed by atoms with Gasteiger partial charge in [-0.2, -0.15) is 0 Å². The molecule has 4 heteroatoms. The third kappa shape index (κ3) is 3.26. The van der Waals surface area contributed by atoms with E-state index in [4.69, 9.17) is 14.2 Å². The van der Waals surface area contributed by atoms with Gasteiger partial charge in [0.15, 0.2) is 0 Å². The fourth-order valence-corrected chi connectivity index (χ4v) is 2.89. The van der Waals surface area contributed by atoms with Gasteiger partial charge in [-0.25, -0.2) is 0 Å². The highest BCUT2D eigenvalue weighted by Gasteiger charge is 2.40. The second-order valence-corrected chi connectivity index (χ2v) is 5.58. The highest BCUT2D eigenvalue weighted by molar-refractivity contribution is 8.00. The zero-order chi connectivity index (χ0) is 13.7. The molecule has 2 aromatic carbocycles. The van der Waals surface area contributed by atoms with Crippen LogP contribution in [0.25, 0.3) is 0 Å². The standard InChI is InChI=1S/C16H16O3S/c1-3-8-14(9-4-1)18-16(17-12-7-13-20-16)19-15-10-5-2-6-11-15/h1-6,8-11H,7,12-13H2. The van der Waals surface area contributed by atoms with E-state index in [1.54, 1.807) is 0 Å². The van der Waals surface area contributed by atoms with Gasteiger partial charge < -0.3 is 9.47 Å². The first kappa shape index (κ1) is 13.3. The Bertz CT molecular complexity index is 480. The van der Waals surface area contributed by atoms with Crippen molar-refractivity contribution in [3.63, 3.8) is 0 Å². The van der Waals surface area contributed by atoms with E-state index in [0.717, 1.165) is 23.7 Å². The van der Waals surface area contributed by atoms with Gasteiger partial charge in [-0.3, -0.25) is 4.74 Å². The molecule has 0 saturated carbocycles. The van der Waals surface area contributed by atoms with Crippen molar-refractivity contribution in [1.82, 2.24) is 0 Å². The van der Waals surface area contributed by atoms with Crippen LogP contribution in [0.2, 0.25) is 0 Å². The molecule has 3 rings (SSSR count). The van der Waals surface area contributed by atoms with E-state index in [1.807, 2.05) is 60.7 Å². The van der Waals surface area contributed by atoms with Crippen molar-refractivity contribution in [1.29, 1.82) is 0 Å². The summed E-state index contributed by atoms with van der Waals surface area (Å²) < 4.78 is 17.7. The lowest BCUT2D eigenvalue weighted by atomic mass is 10.3. The number of rotatable bonds is 4. The van der Waals surface area contributed by atoms with Gasteiger partial charge >= 0.3 is 5.31 Å². The number of benzene rings is 2. The minimum atomic E-state index is -1.10. The van der Waals surface area contributed by atoms with Gasteiger partial charge in [0.25, 0.3) is 0 Å². The average Bonchev–Trinajstić information content (AvgIpc) is 2.50. The maximum atomic E-state index is 5.97. The zero-order valence-corrected chi connectivity index (χ0v) is 11.8. The van der Waals surface area contributed by atoms with E-state index in [2.05, 4.69) is 0 Å². The van der Waals surface area contributed by atoms with E-state index in [1.165, 1.54) is 11.8 Å². The van der Waals surface area contributed by atoms with Crippen LogP contribution in [0.4, 0.5) is 0 Å². The highest BCUT2D eigenvalue weighted by Crippen LogP contribution is 2.36. The predicted octanol–water partition coefficient (Wildman–Crippen LogP) is 3.91. The molecule has 2 aromatic rings. The summed E-state index contributed by atoms with van der Waals surface area (Å²) in [6.45, 7) is 0.632. The SMILES string of the molecule is c1ccc(OC2(Oc3ccccc3)OCCCS2)cc1. The van der Waals surface area contributed by atoms with Crippen molar-refractivity contribution >= 4 is 11.8 Å². The number of ether oxygens (including phenoxy) is 3. The van der Waals surface area contributed by atoms with Gasteiger partial charge in [-0.05, 0) is 42.4 Å². The third-order valence-electron chi connectivity index (χ3n) is 2.82. The minimum Gasteiger partial charge on any atom is -0.421 e. The Hall–Kier alpha value is -1.65. The number of para-hydroxylation sites is 2. The van der Waals surface area contributed by atoms with Crippen molar-refractivity contribution in [2.24, 2.45) is 0 Å². The van der Waals surface area contributed by atoms with E-state index in [9.17, 15) is 0 Å². The lowest BCUT2D eigenvalue weighted by Crippen LogP contribution is -2.44. The van der Waals surface area contributed by atoms with Crippen molar-refractivity contribution in [3.05, 3.63) is 60.7 Å². The summed E-state index contributed by atoms with van der Waals surface area (Å²) in [6.07, 6.45) is 1.00. The Kier molecular flexibility index (Phi) is 4.14. The van der Waals surface area contributed by atoms with Gasteiger partial charge in [0.1, 0.15) is 11.5 Å². The summed E-state index contributed by atoms with van der Waals surface area (Å²) in [6, 6.07) is 19.2. The molecule has 0 radical (unpaired) electrons. The first-order valence-electron chi connectivity index (χ1n) is 6.62. The fraction of sp³-hybridized carbons (Fsp3) is 0.250. The van der Waals surface area contributed by atoms with Gasteiger partial charge in [0, 0.05) is 5.75 Å². The van der Waals surface area contributed by atoms with Gasteiger partial charge in [0.05, 0.1) is 6.61 Å². The van der Waals surface area contributed by atoms with E-state index in [-0.39, 0.29) is 0 Å². The highest BCUT2D eigenvalue weighted by atomic mass is 32.2. The normalized spacial score (nSPS) is 17.4. The average molecular weight is 288 g/mol. The van der Waals surface area contributed by atoms with Crippen molar-refractivity contribution in [2.75, 3.05) is 12.4 Å². The summed E-state index contributed by atoms with van der Waals surface area (Å²) >= 11 is 1.53. The Labute approximate surface area is 122 Å². The monoisotopic (exact) mass is 288 g/mol. The maximum Gasteiger partial charge on any atom is 0.428 e. The van der Waals surface area contributed by atoms with Crippen LogP contribution in [-0.4, -0.2) is 17.7 Å². The third-order valence-corrected chi connectivity index (χ3v) is 3.95. The van der Waals surface area contributed by atoms with Crippen LogP contribution in [-0.2, 0) is 4.74 Å². The van der Waals surface area contributed by atoms with E-state index >= 15 is 0 Å². The second-order valence-electron chi connectivity index (χ2n) is 4.38. The molecule has 0 atom stereocenters. The van der Waals surface area contributed by atoms with Crippen LogP contribution < -0.4 is 9.47 Å². The zero-order valence-electron chi connectivity index (χ0n) is 11.0. The number of thioether (sulfide) groups is 1. The fourth-order valence-electron chi connectivity index (χ4n) is 1.90. The van der Waals surface area contributed by atoms with Crippen LogP contribution in [0.3, 0.4) is 0 Å². The van der Waals surface area contributed by atoms with Crippen molar-refractivity contribution in [3.8, 4) is 11.5 Å². The molecule has 0 aromatic heterocycles. The molecule has 0 amide bonds. The number of hydrogen-bond donors (Lipinski definition) is 0. The van der Waals surface area contributed by atoms with E-state index in [0.29, 0.717) is 6.61 Å². The first-order chi connectivity index (χ1) is 9.86. The van der Waals surface area contributed by atoms with Crippen molar-refractivity contribution < 1.29 is 14.2 Å². The molecular weight excluding hydrogens is 272 g/mol. The summed E-state index contributed by atoms with van der Waals surface area (Å²) in [7, 11) is 0. The van der Waals surface area contributed by atoms with E-state index < -0.39 is 5.31 Å². The first-order valence-corrected chi connectivity index (χ1v) is 7.61. The molecule has 0 spiro atoms. The molecule has 1 aliphatic heterocycles. The lowest BCUT2D eigenvalue weighted by Gasteiger charge is -2.35. The molecule has 1 saturated heterocycles. The quantitative estimate of drug-likeness (QED) is 0.797. The van der Waals surface area contributed by atoms with Crippen molar-refractivity contribution in [2.45, 2.75) is 11.7 Å². The molecule has 1 aliphatic rings. The largest absolute Gasteiger partial charge is 0.428 e. The van der Waals surface area contributed by atoms with Crippen LogP contribution in [0.15, 0.2) is 60.7 Å². The second kappa shape index (κ2) is 6.20. The van der Waals surface area contributed by atoms with Crippen LogP contribution in [0, 0.1) is 0 Å². The Morgan fingerprint density at radius 2 is 1.40 bits per heavy atom. The summed E-state index contributed by atoms with van der Waals surface area (Å²) in [4.78, 5) is 0. The molecule has 20 heavy (non-hydrogen) atoms. The summed E-state index contributed by atoms with van der Waals surface area (Å²) in [5, 5.41) is -1.10. The van der Waals surface area contributed by atoms with Gasteiger partial charge in [-0.15, -0.1) is 0 Å². The minimum absolute atomic E-state index is 0.632. The van der Waals surface area contributed by atoms with Crippen LogP contribution >= 0.6 is 11.8 Å². The molecule has 0 unspecified atom stereocenters. The molecular formula is C16H16O3S. The Balaban J connectivity index is 1.81. The molecule has 0 bridgehead atoms. The molecule has 1 fully saturated rings. The molecule has 3 nitrogen and oxygen atoms in total. The van der Waals surface area contributed by atoms with Crippen LogP contribution in [0.5, 0.6) is 11.5 Å². The van der Waals surface area contributed by atoms with Crippen LogP contribution in [0.1, 0.15) is 6.42 Å². The Morgan fingerprint density at radius 1 is 0.850 bits per heavy atom. The molecule has 1 heterocycles. The molecule has 104 valence electrons. The lowest BCUT2D eigenvalue weighted by molar-refractivity contribution is -0.234.